The lowest BCUT2D eigenvalue weighted by Gasteiger charge is -2.28. The standard InChI is InChI=1S/C60H39NOS/c1-6-16-40(17-7-1)45-26-29-52-54-39-49(28-33-56(54)62-57(52)37-45)61(50-35-47(42-20-10-3-11-21-42)34-48(36-50)43-22-12-4-13-23-43)55-32-31-51(44-24-14-5-15-25-44)60-59(55)53-30-27-46(38-58(53)63-60)41-18-8-2-9-19-41/h1-39H. The summed E-state index contributed by atoms with van der Waals surface area (Å²) in [5.41, 5.74) is 16.8. The van der Waals surface area contributed by atoms with Crippen molar-refractivity contribution in [1.29, 1.82) is 0 Å². The molecule has 0 spiro atoms. The third-order valence-electron chi connectivity index (χ3n) is 12.2. The molecular formula is C60H39NOS. The predicted molar refractivity (Wildman–Crippen MR) is 268 cm³/mol. The van der Waals surface area contributed by atoms with Gasteiger partial charge in [0.1, 0.15) is 11.2 Å². The van der Waals surface area contributed by atoms with Crippen molar-refractivity contribution >= 4 is 70.5 Å². The molecule has 12 aromatic rings. The zero-order chi connectivity index (χ0) is 41.7. The van der Waals surface area contributed by atoms with E-state index in [2.05, 4.69) is 241 Å². The van der Waals surface area contributed by atoms with Crippen molar-refractivity contribution in [3.8, 4) is 55.6 Å². The molecule has 2 aromatic heterocycles. The molecule has 3 heteroatoms. The van der Waals surface area contributed by atoms with Gasteiger partial charge in [-0.3, -0.25) is 0 Å². The molecule has 0 aliphatic carbocycles. The number of hydrogen-bond donors (Lipinski definition) is 0. The largest absolute Gasteiger partial charge is 0.456 e. The van der Waals surface area contributed by atoms with Crippen molar-refractivity contribution in [2.75, 3.05) is 4.90 Å². The Bertz CT molecular complexity index is 3540. The number of fused-ring (bicyclic) bond motifs is 6. The maximum atomic E-state index is 6.63. The van der Waals surface area contributed by atoms with Crippen LogP contribution in [0.4, 0.5) is 17.1 Å². The summed E-state index contributed by atoms with van der Waals surface area (Å²) in [6.07, 6.45) is 0. The molecule has 0 N–H and O–H groups in total. The monoisotopic (exact) mass is 821 g/mol. The summed E-state index contributed by atoms with van der Waals surface area (Å²) in [4.78, 5) is 2.48. The molecule has 0 unspecified atom stereocenters. The van der Waals surface area contributed by atoms with Gasteiger partial charge in [0.25, 0.3) is 0 Å². The number of benzene rings is 10. The maximum absolute atomic E-state index is 6.63. The Hall–Kier alpha value is -7.98. The van der Waals surface area contributed by atoms with Crippen molar-refractivity contribution in [1.82, 2.24) is 0 Å². The van der Waals surface area contributed by atoms with E-state index in [0.717, 1.165) is 55.7 Å². The zero-order valence-electron chi connectivity index (χ0n) is 34.3. The fourth-order valence-corrected chi connectivity index (χ4v) is 10.5. The Kier molecular flexibility index (Phi) is 9.06. The third kappa shape index (κ3) is 6.67. The Morgan fingerprint density at radius 2 is 0.841 bits per heavy atom. The molecule has 0 fully saturated rings. The highest BCUT2D eigenvalue weighted by atomic mass is 32.1. The Labute approximate surface area is 370 Å². The zero-order valence-corrected chi connectivity index (χ0v) is 35.1. The van der Waals surface area contributed by atoms with Gasteiger partial charge in [0, 0.05) is 42.3 Å². The van der Waals surface area contributed by atoms with Gasteiger partial charge in [0.05, 0.1) is 5.69 Å². The van der Waals surface area contributed by atoms with Crippen LogP contribution in [0.2, 0.25) is 0 Å². The van der Waals surface area contributed by atoms with Crippen LogP contribution in [0, 0.1) is 0 Å². The van der Waals surface area contributed by atoms with Gasteiger partial charge in [-0.25, -0.2) is 0 Å². The first kappa shape index (κ1) is 36.8. The predicted octanol–water partition coefficient (Wildman–Crippen LogP) is 17.8. The van der Waals surface area contributed by atoms with Crippen molar-refractivity contribution in [3.63, 3.8) is 0 Å². The number of nitrogens with zero attached hydrogens (tertiary/aromatic N) is 1. The van der Waals surface area contributed by atoms with Gasteiger partial charge < -0.3 is 9.32 Å². The number of furan rings is 1. The smallest absolute Gasteiger partial charge is 0.136 e. The fourth-order valence-electron chi connectivity index (χ4n) is 9.18. The summed E-state index contributed by atoms with van der Waals surface area (Å²) in [5.74, 6) is 0. The molecule has 10 aromatic carbocycles. The van der Waals surface area contributed by atoms with Crippen molar-refractivity contribution in [2.45, 2.75) is 0 Å². The topological polar surface area (TPSA) is 16.4 Å². The fraction of sp³-hybridized carbons (Fsp3) is 0. The lowest BCUT2D eigenvalue weighted by Crippen LogP contribution is -2.11. The van der Waals surface area contributed by atoms with E-state index in [-0.39, 0.29) is 0 Å². The molecule has 0 radical (unpaired) electrons. The van der Waals surface area contributed by atoms with Crippen LogP contribution in [-0.2, 0) is 0 Å². The van der Waals surface area contributed by atoms with Crippen LogP contribution >= 0.6 is 11.3 Å². The Morgan fingerprint density at radius 3 is 1.43 bits per heavy atom. The van der Waals surface area contributed by atoms with Crippen LogP contribution < -0.4 is 4.90 Å². The molecule has 12 rings (SSSR count). The maximum Gasteiger partial charge on any atom is 0.136 e. The Balaban J connectivity index is 1.14. The molecule has 2 nitrogen and oxygen atoms in total. The quantitative estimate of drug-likeness (QED) is 0.152. The second-order valence-electron chi connectivity index (χ2n) is 16.1. The number of anilines is 3. The highest BCUT2D eigenvalue weighted by Gasteiger charge is 2.24. The summed E-state index contributed by atoms with van der Waals surface area (Å²) in [6, 6.07) is 85.4. The van der Waals surface area contributed by atoms with Crippen molar-refractivity contribution in [3.05, 3.63) is 237 Å². The van der Waals surface area contributed by atoms with E-state index in [0.29, 0.717) is 0 Å². The van der Waals surface area contributed by atoms with Gasteiger partial charge in [-0.1, -0.05) is 176 Å². The summed E-state index contributed by atoms with van der Waals surface area (Å²) in [6.45, 7) is 0. The minimum atomic E-state index is 0.862. The van der Waals surface area contributed by atoms with Crippen LogP contribution in [0.3, 0.4) is 0 Å². The van der Waals surface area contributed by atoms with Gasteiger partial charge in [-0.2, -0.15) is 0 Å². The van der Waals surface area contributed by atoms with Crippen LogP contribution in [0.25, 0.3) is 97.7 Å². The highest BCUT2D eigenvalue weighted by molar-refractivity contribution is 7.26. The first-order valence-electron chi connectivity index (χ1n) is 21.4. The third-order valence-corrected chi connectivity index (χ3v) is 13.4. The molecule has 0 amide bonds. The molecule has 296 valence electrons. The number of thiophene rings is 1. The average Bonchev–Trinajstić information content (AvgIpc) is 3.93. The van der Waals surface area contributed by atoms with Crippen LogP contribution in [-0.4, -0.2) is 0 Å². The molecule has 0 saturated heterocycles. The lowest BCUT2D eigenvalue weighted by molar-refractivity contribution is 0.669. The van der Waals surface area contributed by atoms with E-state index in [1.54, 1.807) is 0 Å². The van der Waals surface area contributed by atoms with E-state index >= 15 is 0 Å². The van der Waals surface area contributed by atoms with E-state index in [1.807, 2.05) is 11.3 Å². The molecule has 0 aliphatic rings. The van der Waals surface area contributed by atoms with Gasteiger partial charge in [-0.15, -0.1) is 11.3 Å². The van der Waals surface area contributed by atoms with E-state index in [4.69, 9.17) is 4.42 Å². The van der Waals surface area contributed by atoms with E-state index in [9.17, 15) is 0 Å². The summed E-state index contributed by atoms with van der Waals surface area (Å²) < 4.78 is 9.14. The molecule has 0 bridgehead atoms. The van der Waals surface area contributed by atoms with Crippen LogP contribution in [0.5, 0.6) is 0 Å². The van der Waals surface area contributed by atoms with E-state index < -0.39 is 0 Å². The minimum absolute atomic E-state index is 0.862. The summed E-state index contributed by atoms with van der Waals surface area (Å²) >= 11 is 1.88. The molecule has 63 heavy (non-hydrogen) atoms. The summed E-state index contributed by atoms with van der Waals surface area (Å²) in [7, 11) is 0. The van der Waals surface area contributed by atoms with Gasteiger partial charge >= 0.3 is 0 Å². The second-order valence-corrected chi connectivity index (χ2v) is 17.1. The first-order chi connectivity index (χ1) is 31.2. The van der Waals surface area contributed by atoms with E-state index in [1.165, 1.54) is 59.1 Å². The SMILES string of the molecule is c1ccc(-c2cc(-c3ccccc3)cc(N(c3ccc4oc5cc(-c6ccccc6)ccc5c4c3)c3ccc(-c4ccccc4)c4sc5cc(-c6ccccc6)ccc5c34)c2)cc1. The number of rotatable bonds is 8. The molecule has 0 saturated carbocycles. The summed E-state index contributed by atoms with van der Waals surface area (Å²) in [5, 5.41) is 4.63. The molecule has 2 heterocycles. The Morgan fingerprint density at radius 1 is 0.317 bits per heavy atom. The number of hydrogen-bond acceptors (Lipinski definition) is 3. The van der Waals surface area contributed by atoms with Gasteiger partial charge in [-0.05, 0) is 116 Å². The van der Waals surface area contributed by atoms with Crippen LogP contribution in [0.1, 0.15) is 0 Å². The molecule has 0 atom stereocenters. The van der Waals surface area contributed by atoms with Crippen molar-refractivity contribution in [2.24, 2.45) is 0 Å². The van der Waals surface area contributed by atoms with Gasteiger partial charge in [0.2, 0.25) is 0 Å². The molecular weight excluding hydrogens is 783 g/mol. The first-order valence-corrected chi connectivity index (χ1v) is 22.2. The lowest BCUT2D eigenvalue weighted by atomic mass is 9.96. The average molecular weight is 822 g/mol. The van der Waals surface area contributed by atoms with Crippen molar-refractivity contribution < 1.29 is 4.42 Å². The normalized spacial score (nSPS) is 11.5. The van der Waals surface area contributed by atoms with Gasteiger partial charge in [0.15, 0.2) is 0 Å². The highest BCUT2D eigenvalue weighted by Crippen LogP contribution is 2.50. The molecule has 0 aliphatic heterocycles. The minimum Gasteiger partial charge on any atom is -0.456 e. The van der Waals surface area contributed by atoms with Crippen LogP contribution in [0.15, 0.2) is 241 Å². The second kappa shape index (κ2) is 15.5.